The number of aromatic nitrogens is 2. The molecule has 1 aliphatic rings. The number of nitrogens with one attached hydrogen (secondary N) is 1. The van der Waals surface area contributed by atoms with Gasteiger partial charge in [-0.2, -0.15) is 0 Å². The fourth-order valence-electron chi connectivity index (χ4n) is 1.53. The second-order valence-corrected chi connectivity index (χ2v) is 3.45. The van der Waals surface area contributed by atoms with E-state index in [9.17, 15) is 0 Å². The van der Waals surface area contributed by atoms with Gasteiger partial charge in [0, 0.05) is 18.4 Å². The number of aryl methyl sites for hydroxylation is 1. The van der Waals surface area contributed by atoms with Gasteiger partial charge in [0.2, 0.25) is 0 Å². The SMILES string of the molecule is CCc1cc(NC2CCOC2)ncn1. The molecule has 0 spiro atoms. The van der Waals surface area contributed by atoms with Crippen LogP contribution in [0.5, 0.6) is 0 Å². The largest absolute Gasteiger partial charge is 0.379 e. The summed E-state index contributed by atoms with van der Waals surface area (Å²) in [6.45, 7) is 3.72. The molecule has 1 N–H and O–H groups in total. The van der Waals surface area contributed by atoms with Gasteiger partial charge in [-0.05, 0) is 12.8 Å². The number of rotatable bonds is 3. The van der Waals surface area contributed by atoms with Crippen LogP contribution in [0.1, 0.15) is 19.0 Å². The number of hydrogen-bond acceptors (Lipinski definition) is 4. The Morgan fingerprint density at radius 1 is 1.57 bits per heavy atom. The van der Waals surface area contributed by atoms with Crippen LogP contribution in [0.15, 0.2) is 12.4 Å². The summed E-state index contributed by atoms with van der Waals surface area (Å²) in [5.41, 5.74) is 1.07. The smallest absolute Gasteiger partial charge is 0.129 e. The molecule has 4 heteroatoms. The number of nitrogens with zero attached hydrogens (tertiary/aromatic N) is 2. The van der Waals surface area contributed by atoms with Gasteiger partial charge in [0.15, 0.2) is 0 Å². The number of hydrogen-bond donors (Lipinski definition) is 1. The molecule has 1 fully saturated rings. The molecular weight excluding hydrogens is 178 g/mol. The average molecular weight is 193 g/mol. The van der Waals surface area contributed by atoms with Gasteiger partial charge in [0.1, 0.15) is 12.1 Å². The quantitative estimate of drug-likeness (QED) is 0.784. The molecule has 0 aromatic carbocycles. The summed E-state index contributed by atoms with van der Waals surface area (Å²) in [7, 11) is 0. The highest BCUT2D eigenvalue weighted by Crippen LogP contribution is 2.11. The zero-order valence-corrected chi connectivity index (χ0v) is 8.36. The van der Waals surface area contributed by atoms with Crippen LogP contribution in [-0.2, 0) is 11.2 Å². The van der Waals surface area contributed by atoms with E-state index < -0.39 is 0 Å². The summed E-state index contributed by atoms with van der Waals surface area (Å²) < 4.78 is 5.28. The lowest BCUT2D eigenvalue weighted by Crippen LogP contribution is -2.19. The van der Waals surface area contributed by atoms with Crippen molar-refractivity contribution in [2.75, 3.05) is 18.5 Å². The Labute approximate surface area is 83.7 Å². The Kier molecular flexibility index (Phi) is 2.93. The highest BCUT2D eigenvalue weighted by molar-refractivity contribution is 5.36. The van der Waals surface area contributed by atoms with Crippen molar-refractivity contribution in [2.24, 2.45) is 0 Å². The lowest BCUT2D eigenvalue weighted by atomic mass is 10.2. The molecule has 1 aromatic heterocycles. The van der Waals surface area contributed by atoms with Crippen molar-refractivity contribution in [2.45, 2.75) is 25.8 Å². The van der Waals surface area contributed by atoms with E-state index in [1.165, 1.54) is 0 Å². The maximum Gasteiger partial charge on any atom is 0.129 e. The molecule has 2 rings (SSSR count). The van der Waals surface area contributed by atoms with Crippen LogP contribution in [0.25, 0.3) is 0 Å². The molecule has 2 heterocycles. The molecule has 0 saturated carbocycles. The summed E-state index contributed by atoms with van der Waals surface area (Å²) in [6.07, 6.45) is 3.61. The normalized spacial score (nSPS) is 21.1. The predicted octanol–water partition coefficient (Wildman–Crippen LogP) is 1.24. The highest BCUT2D eigenvalue weighted by Gasteiger charge is 2.15. The van der Waals surface area contributed by atoms with Gasteiger partial charge < -0.3 is 10.1 Å². The van der Waals surface area contributed by atoms with E-state index in [4.69, 9.17) is 4.74 Å². The molecule has 0 radical (unpaired) electrons. The summed E-state index contributed by atoms with van der Waals surface area (Å²) in [5, 5.41) is 3.34. The van der Waals surface area contributed by atoms with Gasteiger partial charge in [-0.1, -0.05) is 6.92 Å². The Morgan fingerprint density at radius 3 is 3.21 bits per heavy atom. The van der Waals surface area contributed by atoms with E-state index in [0.717, 1.165) is 37.6 Å². The Bertz CT molecular complexity index is 297. The maximum absolute atomic E-state index is 5.28. The lowest BCUT2D eigenvalue weighted by molar-refractivity contribution is 0.195. The first-order chi connectivity index (χ1) is 6.88. The van der Waals surface area contributed by atoms with Gasteiger partial charge in [0.05, 0.1) is 12.6 Å². The molecule has 14 heavy (non-hydrogen) atoms. The number of anilines is 1. The molecule has 0 aliphatic carbocycles. The first kappa shape index (κ1) is 9.40. The molecule has 1 unspecified atom stereocenters. The molecule has 0 bridgehead atoms. The molecule has 1 aromatic rings. The summed E-state index contributed by atoms with van der Waals surface area (Å²) in [6, 6.07) is 2.41. The minimum absolute atomic E-state index is 0.412. The summed E-state index contributed by atoms with van der Waals surface area (Å²) >= 11 is 0. The van der Waals surface area contributed by atoms with E-state index in [1.807, 2.05) is 6.07 Å². The zero-order chi connectivity index (χ0) is 9.80. The second kappa shape index (κ2) is 4.37. The molecule has 0 amide bonds. The van der Waals surface area contributed by atoms with E-state index in [0.29, 0.717) is 6.04 Å². The molecule has 4 nitrogen and oxygen atoms in total. The van der Waals surface area contributed by atoms with Crippen molar-refractivity contribution in [3.63, 3.8) is 0 Å². The lowest BCUT2D eigenvalue weighted by Gasteiger charge is -2.11. The first-order valence-corrected chi connectivity index (χ1v) is 5.03. The second-order valence-electron chi connectivity index (χ2n) is 3.45. The fraction of sp³-hybridized carbons (Fsp3) is 0.600. The van der Waals surface area contributed by atoms with Crippen molar-refractivity contribution in [1.82, 2.24) is 9.97 Å². The van der Waals surface area contributed by atoms with Crippen molar-refractivity contribution in [3.8, 4) is 0 Å². The van der Waals surface area contributed by atoms with E-state index in [1.54, 1.807) is 6.33 Å². The van der Waals surface area contributed by atoms with Gasteiger partial charge in [-0.3, -0.25) is 0 Å². The topological polar surface area (TPSA) is 47.0 Å². The molecule has 1 saturated heterocycles. The molecular formula is C10H15N3O. The Morgan fingerprint density at radius 2 is 2.50 bits per heavy atom. The van der Waals surface area contributed by atoms with Crippen molar-refractivity contribution < 1.29 is 4.74 Å². The highest BCUT2D eigenvalue weighted by atomic mass is 16.5. The van der Waals surface area contributed by atoms with Crippen LogP contribution in [0.3, 0.4) is 0 Å². The minimum atomic E-state index is 0.412. The van der Waals surface area contributed by atoms with Gasteiger partial charge in [-0.25, -0.2) is 9.97 Å². The van der Waals surface area contributed by atoms with Crippen LogP contribution in [-0.4, -0.2) is 29.2 Å². The van der Waals surface area contributed by atoms with Crippen molar-refractivity contribution >= 4 is 5.82 Å². The predicted molar refractivity (Wildman–Crippen MR) is 54.3 cm³/mol. The Hall–Kier alpha value is -1.16. The third kappa shape index (κ3) is 2.20. The summed E-state index contributed by atoms with van der Waals surface area (Å²) in [4.78, 5) is 8.32. The monoisotopic (exact) mass is 193 g/mol. The van der Waals surface area contributed by atoms with Gasteiger partial charge >= 0.3 is 0 Å². The van der Waals surface area contributed by atoms with Crippen molar-refractivity contribution in [1.29, 1.82) is 0 Å². The standard InChI is InChI=1S/C10H15N3O/c1-2-8-5-10(12-7-11-8)13-9-3-4-14-6-9/h5,7,9H,2-4,6H2,1H3,(H,11,12,13). The first-order valence-electron chi connectivity index (χ1n) is 5.03. The van der Waals surface area contributed by atoms with Crippen LogP contribution in [0.2, 0.25) is 0 Å². The van der Waals surface area contributed by atoms with Gasteiger partial charge in [-0.15, -0.1) is 0 Å². The summed E-state index contributed by atoms with van der Waals surface area (Å²) in [5.74, 6) is 0.910. The number of ether oxygens (including phenoxy) is 1. The zero-order valence-electron chi connectivity index (χ0n) is 8.36. The third-order valence-electron chi connectivity index (χ3n) is 2.37. The van der Waals surface area contributed by atoms with Crippen molar-refractivity contribution in [3.05, 3.63) is 18.1 Å². The van der Waals surface area contributed by atoms with Crippen LogP contribution in [0, 0.1) is 0 Å². The average Bonchev–Trinajstić information content (AvgIpc) is 2.71. The molecule has 76 valence electrons. The van der Waals surface area contributed by atoms with Gasteiger partial charge in [0.25, 0.3) is 0 Å². The van der Waals surface area contributed by atoms with Crippen LogP contribution >= 0.6 is 0 Å². The van der Waals surface area contributed by atoms with Crippen LogP contribution < -0.4 is 5.32 Å². The third-order valence-corrected chi connectivity index (χ3v) is 2.37. The fourth-order valence-corrected chi connectivity index (χ4v) is 1.53. The molecule has 1 atom stereocenters. The van der Waals surface area contributed by atoms with E-state index in [-0.39, 0.29) is 0 Å². The Balaban J connectivity index is 2.00. The van der Waals surface area contributed by atoms with E-state index in [2.05, 4.69) is 22.2 Å². The van der Waals surface area contributed by atoms with E-state index >= 15 is 0 Å². The van der Waals surface area contributed by atoms with Crippen LogP contribution in [0.4, 0.5) is 5.82 Å². The minimum Gasteiger partial charge on any atom is -0.379 e. The maximum atomic E-state index is 5.28. The molecule has 1 aliphatic heterocycles.